The molecular weight excluding hydrogens is 294 g/mol. The first kappa shape index (κ1) is 13.8. The van der Waals surface area contributed by atoms with Crippen LogP contribution in [0.4, 0.5) is 11.8 Å². The van der Waals surface area contributed by atoms with Crippen LogP contribution < -0.4 is 11.5 Å². The number of rotatable bonds is 3. The van der Waals surface area contributed by atoms with Crippen molar-refractivity contribution in [2.24, 2.45) is 0 Å². The van der Waals surface area contributed by atoms with Gasteiger partial charge in [-0.05, 0) is 24.6 Å². The Balaban J connectivity index is 1.52. The molecule has 3 aromatic rings. The Bertz CT molecular complexity index is 829. The van der Waals surface area contributed by atoms with E-state index in [1.54, 1.807) is 12.4 Å². The van der Waals surface area contributed by atoms with E-state index in [2.05, 4.69) is 35.0 Å². The summed E-state index contributed by atoms with van der Waals surface area (Å²) in [5, 5.41) is 7.72. The predicted molar refractivity (Wildman–Crippen MR) is 85.2 cm³/mol. The Labute approximate surface area is 132 Å². The third-order valence-corrected chi connectivity index (χ3v) is 4.13. The minimum absolute atomic E-state index is 0.145. The summed E-state index contributed by atoms with van der Waals surface area (Å²) in [5.41, 5.74) is 13.8. The van der Waals surface area contributed by atoms with Gasteiger partial charge in [-0.15, -0.1) is 0 Å². The first-order valence-corrected chi connectivity index (χ1v) is 7.45. The van der Waals surface area contributed by atoms with E-state index in [9.17, 15) is 0 Å². The second-order valence-electron chi connectivity index (χ2n) is 5.76. The molecule has 0 aromatic carbocycles. The quantitative estimate of drug-likeness (QED) is 0.628. The van der Waals surface area contributed by atoms with E-state index >= 15 is 0 Å². The highest BCUT2D eigenvalue weighted by Gasteiger charge is 2.27. The van der Waals surface area contributed by atoms with Crippen LogP contribution in [-0.4, -0.2) is 48.1 Å². The van der Waals surface area contributed by atoms with Crippen LogP contribution in [0.25, 0.3) is 11.2 Å². The molecule has 9 heteroatoms. The molecule has 1 fully saturated rings. The minimum atomic E-state index is 0.145. The molecule has 1 unspecified atom stereocenters. The third-order valence-electron chi connectivity index (χ3n) is 4.13. The largest absolute Gasteiger partial charge is 0.382 e. The summed E-state index contributed by atoms with van der Waals surface area (Å²) in [6.45, 7) is 2.79. The first-order chi connectivity index (χ1) is 11.2. The molecule has 0 bridgehead atoms. The second kappa shape index (κ2) is 5.43. The van der Waals surface area contributed by atoms with Crippen molar-refractivity contribution < 1.29 is 0 Å². The number of imidazole rings is 1. The highest BCUT2D eigenvalue weighted by Crippen LogP contribution is 2.28. The van der Waals surface area contributed by atoms with Crippen molar-refractivity contribution in [2.75, 3.05) is 24.6 Å². The molecule has 4 heterocycles. The summed E-state index contributed by atoms with van der Waals surface area (Å²) in [6.07, 6.45) is 4.54. The zero-order valence-corrected chi connectivity index (χ0v) is 12.5. The van der Waals surface area contributed by atoms with Crippen molar-refractivity contribution in [3.63, 3.8) is 0 Å². The first-order valence-electron chi connectivity index (χ1n) is 7.45. The van der Waals surface area contributed by atoms with Crippen LogP contribution >= 0.6 is 0 Å². The molecule has 0 aliphatic carbocycles. The lowest BCUT2D eigenvalue weighted by atomic mass is 10.1. The number of H-pyrrole nitrogens is 1. The standard InChI is InChI=1S/C14H17N9/c15-11-10-13(22-14(16)20-11)21-12(19-10)9-2-4-23(7-9)6-8-1-3-17-18-5-8/h1,3,5,9H,2,4,6-7H2,(H5,15,16,19,20,21,22). The van der Waals surface area contributed by atoms with Crippen molar-refractivity contribution in [1.82, 2.24) is 35.0 Å². The third kappa shape index (κ3) is 2.66. The molecule has 3 aromatic heterocycles. The number of anilines is 2. The Morgan fingerprint density at radius 3 is 2.96 bits per heavy atom. The smallest absolute Gasteiger partial charge is 0.224 e. The summed E-state index contributed by atoms with van der Waals surface area (Å²) in [5.74, 6) is 1.69. The van der Waals surface area contributed by atoms with Crippen molar-refractivity contribution in [2.45, 2.75) is 18.9 Å². The van der Waals surface area contributed by atoms with Crippen LogP contribution in [-0.2, 0) is 6.54 Å². The lowest BCUT2D eigenvalue weighted by Gasteiger charge is -2.14. The number of fused-ring (bicyclic) bond motifs is 1. The number of nitrogens with one attached hydrogen (secondary N) is 1. The Morgan fingerprint density at radius 2 is 2.13 bits per heavy atom. The van der Waals surface area contributed by atoms with E-state index in [4.69, 9.17) is 11.5 Å². The van der Waals surface area contributed by atoms with Gasteiger partial charge in [0, 0.05) is 25.2 Å². The molecule has 4 rings (SSSR count). The number of aromatic amines is 1. The van der Waals surface area contributed by atoms with E-state index in [1.165, 1.54) is 0 Å². The number of aromatic nitrogens is 6. The van der Waals surface area contributed by atoms with Gasteiger partial charge < -0.3 is 16.5 Å². The SMILES string of the molecule is Nc1nc(N)c2[nH]c(C3CCN(Cc4ccnnc4)C3)nc2n1. The molecule has 0 saturated carbocycles. The topological polar surface area (TPSA) is 136 Å². The molecule has 1 aliphatic heterocycles. The lowest BCUT2D eigenvalue weighted by molar-refractivity contribution is 0.325. The molecule has 5 N–H and O–H groups in total. The molecule has 118 valence electrons. The van der Waals surface area contributed by atoms with Gasteiger partial charge in [-0.2, -0.15) is 20.2 Å². The van der Waals surface area contributed by atoms with Gasteiger partial charge in [-0.25, -0.2) is 4.98 Å². The lowest BCUT2D eigenvalue weighted by Crippen LogP contribution is -2.20. The van der Waals surface area contributed by atoms with Crippen LogP contribution in [0.1, 0.15) is 23.7 Å². The number of nitrogens with zero attached hydrogens (tertiary/aromatic N) is 6. The highest BCUT2D eigenvalue weighted by atomic mass is 15.2. The Morgan fingerprint density at radius 1 is 1.22 bits per heavy atom. The van der Waals surface area contributed by atoms with Gasteiger partial charge in [0.15, 0.2) is 11.5 Å². The number of nitrogens with two attached hydrogens (primary N) is 2. The summed E-state index contributed by atoms with van der Waals surface area (Å²) >= 11 is 0. The van der Waals surface area contributed by atoms with Gasteiger partial charge in [0.05, 0.1) is 6.20 Å². The van der Waals surface area contributed by atoms with Crippen LogP contribution in [0.5, 0.6) is 0 Å². The van der Waals surface area contributed by atoms with Crippen molar-refractivity contribution in [3.8, 4) is 0 Å². The molecule has 9 nitrogen and oxygen atoms in total. The molecule has 1 aliphatic rings. The van der Waals surface area contributed by atoms with Gasteiger partial charge in [0.2, 0.25) is 5.95 Å². The number of hydrogen-bond acceptors (Lipinski definition) is 8. The van der Waals surface area contributed by atoms with E-state index in [1.807, 2.05) is 6.07 Å². The van der Waals surface area contributed by atoms with E-state index in [0.717, 1.165) is 37.4 Å². The summed E-state index contributed by atoms with van der Waals surface area (Å²) in [4.78, 5) is 18.3. The maximum atomic E-state index is 5.87. The summed E-state index contributed by atoms with van der Waals surface area (Å²) in [6, 6.07) is 1.99. The molecule has 23 heavy (non-hydrogen) atoms. The Hall–Kier alpha value is -2.81. The van der Waals surface area contributed by atoms with Crippen LogP contribution in [0, 0.1) is 0 Å². The maximum Gasteiger partial charge on any atom is 0.224 e. The molecule has 0 amide bonds. The fourth-order valence-electron chi connectivity index (χ4n) is 3.02. The van der Waals surface area contributed by atoms with Crippen LogP contribution in [0.15, 0.2) is 18.5 Å². The van der Waals surface area contributed by atoms with Crippen LogP contribution in [0.3, 0.4) is 0 Å². The maximum absolute atomic E-state index is 5.87. The van der Waals surface area contributed by atoms with E-state index < -0.39 is 0 Å². The second-order valence-corrected chi connectivity index (χ2v) is 5.76. The summed E-state index contributed by atoms with van der Waals surface area (Å²) < 4.78 is 0. The summed E-state index contributed by atoms with van der Waals surface area (Å²) in [7, 11) is 0. The molecule has 1 atom stereocenters. The van der Waals surface area contributed by atoms with Crippen molar-refractivity contribution in [3.05, 3.63) is 29.8 Å². The average molecular weight is 311 g/mol. The van der Waals surface area contributed by atoms with Gasteiger partial charge >= 0.3 is 0 Å². The average Bonchev–Trinajstić information content (AvgIpc) is 3.15. The zero-order valence-electron chi connectivity index (χ0n) is 12.5. The van der Waals surface area contributed by atoms with Gasteiger partial charge in [0.1, 0.15) is 11.3 Å². The highest BCUT2D eigenvalue weighted by molar-refractivity contribution is 5.82. The molecule has 0 radical (unpaired) electrons. The number of likely N-dealkylation sites (tertiary alicyclic amines) is 1. The monoisotopic (exact) mass is 311 g/mol. The molecule has 0 spiro atoms. The predicted octanol–water partition coefficient (Wildman–Crippen LogP) is 0.297. The fourth-order valence-corrected chi connectivity index (χ4v) is 3.02. The van der Waals surface area contributed by atoms with Crippen LogP contribution in [0.2, 0.25) is 0 Å². The van der Waals surface area contributed by atoms with Gasteiger partial charge in [0.25, 0.3) is 0 Å². The number of nitrogen functional groups attached to an aromatic ring is 2. The minimum Gasteiger partial charge on any atom is -0.382 e. The molecular formula is C14H17N9. The fraction of sp³-hybridized carbons (Fsp3) is 0.357. The van der Waals surface area contributed by atoms with Gasteiger partial charge in [-0.1, -0.05) is 0 Å². The zero-order chi connectivity index (χ0) is 15.8. The normalized spacial score (nSPS) is 18.7. The van der Waals surface area contributed by atoms with Crippen molar-refractivity contribution in [1.29, 1.82) is 0 Å². The van der Waals surface area contributed by atoms with E-state index in [-0.39, 0.29) is 5.95 Å². The van der Waals surface area contributed by atoms with E-state index in [0.29, 0.717) is 22.9 Å². The van der Waals surface area contributed by atoms with Crippen molar-refractivity contribution >= 4 is 22.9 Å². The Kier molecular flexibility index (Phi) is 3.27. The molecule has 1 saturated heterocycles. The number of hydrogen-bond donors (Lipinski definition) is 3. The van der Waals surface area contributed by atoms with Gasteiger partial charge in [-0.3, -0.25) is 4.90 Å².